The molecule has 0 aliphatic heterocycles. The first-order valence-electron chi connectivity index (χ1n) is 18.7. The number of hydrogen-bond acceptors (Lipinski definition) is 10. The molecule has 0 saturated heterocycles. The molecule has 3 atom stereocenters. The lowest BCUT2D eigenvalue weighted by atomic mass is 9.83. The van der Waals surface area contributed by atoms with E-state index in [4.69, 9.17) is 4.74 Å². The summed E-state index contributed by atoms with van der Waals surface area (Å²) in [7, 11) is 0. The molecule has 1 rings (SSSR count). The average molecular weight is 1050 g/mol. The lowest BCUT2D eigenvalue weighted by molar-refractivity contribution is -0.345. The summed E-state index contributed by atoms with van der Waals surface area (Å²) in [5, 5.41) is 0. The second kappa shape index (κ2) is 25.3. The van der Waals surface area contributed by atoms with E-state index in [1.165, 1.54) is 0 Å². The normalized spacial score (nSPS) is 19.2. The standard InChI is InChI=1S/C28H37F15O9.C6H6F8O/c1-17(44)49-15-24(34,35)12-25(36,37)52-20(29)11-46-9-18-3-5-19(6-4-18)10-50-26(38,39)16-47-14-23(32,33)7-8-48-21(45)27(40,28(41,42)43)51-13-22(2,30)31;1-3(6(12,13)14)15-5(10,11)2-4(7,8)9/h18-20H,3-16H2,1-2H3;3H,2H2,1H3. The molecule has 1 fully saturated rings. The van der Waals surface area contributed by atoms with Gasteiger partial charge in [-0.15, -0.1) is 0 Å². The highest BCUT2D eigenvalue weighted by atomic mass is 19.4. The second-order valence-corrected chi connectivity index (χ2v) is 14.8. The Balaban J connectivity index is 0.00000247. The van der Waals surface area contributed by atoms with Crippen LogP contribution >= 0.6 is 0 Å². The molecule has 400 valence electrons. The van der Waals surface area contributed by atoms with E-state index in [9.17, 15) is 111 Å². The topological polar surface area (TPSA) is 108 Å². The van der Waals surface area contributed by atoms with Crippen molar-refractivity contribution in [1.82, 2.24) is 0 Å². The molecule has 0 amide bonds. The first-order valence-corrected chi connectivity index (χ1v) is 18.7. The molecule has 33 heteroatoms. The lowest BCUT2D eigenvalue weighted by Gasteiger charge is -2.29. The van der Waals surface area contributed by atoms with E-state index in [-0.39, 0.29) is 39.2 Å². The Kier molecular flexibility index (Phi) is 24.2. The van der Waals surface area contributed by atoms with Crippen LogP contribution in [0.4, 0.5) is 101 Å². The van der Waals surface area contributed by atoms with Gasteiger partial charge in [0.1, 0.15) is 39.3 Å². The Morgan fingerprint density at radius 3 is 1.55 bits per heavy atom. The fraction of sp³-hybridized carbons (Fsp3) is 0.941. The molecule has 3 unspecified atom stereocenters. The number of esters is 2. The quantitative estimate of drug-likeness (QED) is 0.0583. The number of halogens is 23. The van der Waals surface area contributed by atoms with E-state index in [0.717, 1.165) is 6.92 Å². The van der Waals surface area contributed by atoms with Crippen LogP contribution in [-0.4, -0.2) is 138 Å². The van der Waals surface area contributed by atoms with Gasteiger partial charge in [0.2, 0.25) is 6.36 Å². The van der Waals surface area contributed by atoms with Crippen LogP contribution in [0.2, 0.25) is 0 Å². The van der Waals surface area contributed by atoms with Crippen molar-refractivity contribution >= 4 is 11.9 Å². The van der Waals surface area contributed by atoms with Crippen molar-refractivity contribution < 1.29 is 148 Å². The molecule has 10 nitrogen and oxygen atoms in total. The van der Waals surface area contributed by atoms with E-state index in [1.807, 2.05) is 0 Å². The molecule has 1 saturated carbocycles. The highest BCUT2D eigenvalue weighted by Crippen LogP contribution is 2.39. The van der Waals surface area contributed by atoms with E-state index in [2.05, 4.69) is 33.2 Å². The van der Waals surface area contributed by atoms with Gasteiger partial charge < -0.3 is 33.2 Å². The number of rotatable bonds is 27. The molecule has 1 aliphatic rings. The molecule has 0 N–H and O–H groups in total. The minimum Gasteiger partial charge on any atom is -0.461 e. The van der Waals surface area contributed by atoms with E-state index < -0.39 is 156 Å². The third-order valence-corrected chi connectivity index (χ3v) is 8.00. The van der Waals surface area contributed by atoms with Crippen LogP contribution < -0.4 is 0 Å². The van der Waals surface area contributed by atoms with Crippen LogP contribution in [0.15, 0.2) is 0 Å². The molecule has 0 aromatic carbocycles. The molecule has 0 radical (unpaired) electrons. The van der Waals surface area contributed by atoms with Crippen molar-refractivity contribution in [3.05, 3.63) is 0 Å². The third-order valence-electron chi connectivity index (χ3n) is 8.00. The average Bonchev–Trinajstić information content (AvgIpc) is 3.09. The van der Waals surface area contributed by atoms with Gasteiger partial charge in [-0.3, -0.25) is 9.53 Å². The summed E-state index contributed by atoms with van der Waals surface area (Å²) >= 11 is 0. The Hall–Kier alpha value is -2.91. The predicted molar refractivity (Wildman–Crippen MR) is 174 cm³/mol. The van der Waals surface area contributed by atoms with Gasteiger partial charge in [0, 0.05) is 26.9 Å². The van der Waals surface area contributed by atoms with Crippen molar-refractivity contribution in [3.63, 3.8) is 0 Å². The van der Waals surface area contributed by atoms with Crippen LogP contribution in [0.1, 0.15) is 65.7 Å². The van der Waals surface area contributed by atoms with Gasteiger partial charge in [-0.25, -0.2) is 35.5 Å². The van der Waals surface area contributed by atoms with E-state index in [0.29, 0.717) is 12.8 Å². The van der Waals surface area contributed by atoms with E-state index >= 15 is 0 Å². The molecule has 0 bridgehead atoms. The maximum absolute atomic E-state index is 14.1. The van der Waals surface area contributed by atoms with Crippen LogP contribution in [0, 0.1) is 11.8 Å². The van der Waals surface area contributed by atoms with Crippen LogP contribution in [0.5, 0.6) is 0 Å². The largest absolute Gasteiger partial charge is 0.461 e. The molecular formula is C34H43F23O10. The SMILES string of the molecule is CC(=O)OCC(F)(F)CC(F)(F)OC(F)COCC1CCC(COC(F)(F)COCC(F)(F)CCOC(=O)C(F)(OCC(C)(F)F)C(F)(F)F)CC1.CC(OC(F)(F)CC(F)(F)F)C(F)(F)F. The van der Waals surface area contributed by atoms with Gasteiger partial charge in [-0.1, -0.05) is 0 Å². The van der Waals surface area contributed by atoms with Crippen LogP contribution in [-0.2, 0) is 47.5 Å². The predicted octanol–water partition coefficient (Wildman–Crippen LogP) is 10.9. The fourth-order valence-corrected chi connectivity index (χ4v) is 4.86. The number of ether oxygens (including phenoxy) is 8. The zero-order valence-corrected chi connectivity index (χ0v) is 34.7. The van der Waals surface area contributed by atoms with Crippen LogP contribution in [0.25, 0.3) is 0 Å². The summed E-state index contributed by atoms with van der Waals surface area (Å²) < 4.78 is 328. The molecular weight excluding hydrogens is 1010 g/mol. The first-order chi connectivity index (χ1) is 29.8. The van der Waals surface area contributed by atoms with Gasteiger partial charge in [0.05, 0.1) is 13.2 Å². The number of carbonyl (C=O) groups excluding carboxylic acids is 2. The monoisotopic (exact) mass is 1050 g/mol. The van der Waals surface area contributed by atoms with Gasteiger partial charge in [0.25, 0.3) is 17.8 Å². The summed E-state index contributed by atoms with van der Waals surface area (Å²) in [5.41, 5.74) is 0. The van der Waals surface area contributed by atoms with E-state index in [1.54, 1.807) is 0 Å². The Morgan fingerprint density at radius 1 is 0.582 bits per heavy atom. The van der Waals surface area contributed by atoms with Crippen molar-refractivity contribution in [2.75, 3.05) is 52.9 Å². The summed E-state index contributed by atoms with van der Waals surface area (Å²) in [5.74, 6) is -22.6. The smallest absolute Gasteiger partial charge is 0.460 e. The number of carbonyl (C=O) groups is 2. The first kappa shape index (κ1) is 64.1. The Morgan fingerprint density at radius 2 is 1.09 bits per heavy atom. The van der Waals surface area contributed by atoms with Crippen LogP contribution in [0.3, 0.4) is 0 Å². The summed E-state index contributed by atoms with van der Waals surface area (Å²) in [6.45, 7) is -9.83. The highest BCUT2D eigenvalue weighted by molar-refractivity contribution is 5.78. The van der Waals surface area contributed by atoms with Gasteiger partial charge in [0.15, 0.2) is 12.7 Å². The Labute approximate surface area is 364 Å². The maximum Gasteiger partial charge on any atom is 0.460 e. The number of alkyl halides is 23. The zero-order chi connectivity index (χ0) is 52.7. The summed E-state index contributed by atoms with van der Waals surface area (Å²) in [4.78, 5) is 22.1. The van der Waals surface area contributed by atoms with Gasteiger partial charge in [-0.2, -0.15) is 70.2 Å². The minimum absolute atomic E-state index is 0.0385. The van der Waals surface area contributed by atoms with Crippen molar-refractivity contribution in [2.24, 2.45) is 11.8 Å². The van der Waals surface area contributed by atoms with Gasteiger partial charge in [-0.05, 0) is 44.4 Å². The fourth-order valence-electron chi connectivity index (χ4n) is 4.86. The maximum atomic E-state index is 14.1. The molecule has 67 heavy (non-hydrogen) atoms. The van der Waals surface area contributed by atoms with Crippen molar-refractivity contribution in [1.29, 1.82) is 0 Å². The molecule has 1 aliphatic carbocycles. The zero-order valence-electron chi connectivity index (χ0n) is 34.7. The minimum atomic E-state index is -6.23. The van der Waals surface area contributed by atoms with Gasteiger partial charge >= 0.3 is 54.6 Å². The highest BCUT2D eigenvalue weighted by Gasteiger charge is 2.66. The van der Waals surface area contributed by atoms with Crippen molar-refractivity contribution in [3.8, 4) is 0 Å². The lowest BCUT2D eigenvalue weighted by Crippen LogP contribution is -2.53. The molecule has 0 aromatic heterocycles. The molecule has 0 spiro atoms. The third kappa shape index (κ3) is 29.0. The molecule has 0 aromatic rings. The van der Waals surface area contributed by atoms with Crippen molar-refractivity contribution in [2.45, 2.75) is 139 Å². The molecule has 0 heterocycles. The number of hydrogen-bond donors (Lipinski definition) is 0. The second-order valence-electron chi connectivity index (χ2n) is 14.8. The Bertz CT molecular complexity index is 1460. The summed E-state index contributed by atoms with van der Waals surface area (Å²) in [6.07, 6.45) is -41.6. The summed E-state index contributed by atoms with van der Waals surface area (Å²) in [6, 6.07) is 0.